The molecule has 0 amide bonds. The Morgan fingerprint density at radius 1 is 0.815 bits per heavy atom. The van der Waals surface area contributed by atoms with Gasteiger partial charge >= 0.3 is 11.9 Å². The van der Waals surface area contributed by atoms with Crippen molar-refractivity contribution >= 4 is 11.9 Å². The van der Waals surface area contributed by atoms with Gasteiger partial charge in [0.1, 0.15) is 6.10 Å². The van der Waals surface area contributed by atoms with Gasteiger partial charge in [0.05, 0.1) is 18.4 Å². The number of allylic oxidation sites excluding steroid dienone is 2. The van der Waals surface area contributed by atoms with E-state index in [2.05, 4.69) is 0 Å². The molecular formula is C23H18O4. The number of methoxy groups -OCH3 is 1. The summed E-state index contributed by atoms with van der Waals surface area (Å²) >= 11 is 0. The van der Waals surface area contributed by atoms with Crippen LogP contribution in [-0.4, -0.2) is 25.2 Å². The maximum absolute atomic E-state index is 13.6. The van der Waals surface area contributed by atoms with Crippen LogP contribution >= 0.6 is 0 Å². The molecule has 0 aromatic carbocycles. The summed E-state index contributed by atoms with van der Waals surface area (Å²) in [5.41, 5.74) is 6.51. The molecule has 0 radical (unpaired) electrons. The molecule has 12 rings (SSSR count). The summed E-state index contributed by atoms with van der Waals surface area (Å²) in [4.78, 5) is 26.8. The molecule has 2 saturated heterocycles. The van der Waals surface area contributed by atoms with Crippen molar-refractivity contribution in [2.45, 2.75) is 6.10 Å². The number of fused-ring (bicyclic) bond motifs is 1. The van der Waals surface area contributed by atoms with E-state index in [0.717, 1.165) is 0 Å². The molecule has 12 aliphatic rings. The maximum Gasteiger partial charge on any atom is 0.313 e. The Hall–Kier alpha value is -1.58. The molecule has 0 aromatic rings. The van der Waals surface area contributed by atoms with Gasteiger partial charge in [0.25, 0.3) is 0 Å². The monoisotopic (exact) mass is 358 g/mol. The number of hydrogen-bond acceptors (Lipinski definition) is 4. The predicted molar refractivity (Wildman–Crippen MR) is 87.2 cm³/mol. The second-order valence-electron chi connectivity index (χ2n) is 11.6. The van der Waals surface area contributed by atoms with Gasteiger partial charge in [0, 0.05) is 23.7 Å². The van der Waals surface area contributed by atoms with Gasteiger partial charge in [-0.3, -0.25) is 9.59 Å². The zero-order valence-corrected chi connectivity index (χ0v) is 14.8. The van der Waals surface area contributed by atoms with Crippen LogP contribution in [0.5, 0.6) is 0 Å². The van der Waals surface area contributed by atoms with Crippen molar-refractivity contribution in [3.8, 4) is 0 Å². The van der Waals surface area contributed by atoms with E-state index in [1.165, 1.54) is 0 Å². The average Bonchev–Trinajstić information content (AvgIpc) is 3.40. The van der Waals surface area contributed by atoms with Crippen LogP contribution in [0.3, 0.4) is 0 Å². The Bertz CT molecular complexity index is 1050. The van der Waals surface area contributed by atoms with E-state index in [0.29, 0.717) is 76.9 Å². The molecule has 12 unspecified atom stereocenters. The zero-order chi connectivity index (χ0) is 17.0. The molecule has 2 aliphatic heterocycles. The van der Waals surface area contributed by atoms with E-state index in [-0.39, 0.29) is 29.4 Å². The number of ether oxygens (including phenoxy) is 2. The van der Waals surface area contributed by atoms with Crippen LogP contribution in [-0.2, 0) is 19.1 Å². The molecule has 0 N–H and O–H groups in total. The summed E-state index contributed by atoms with van der Waals surface area (Å²) < 4.78 is 11.9. The fourth-order valence-corrected chi connectivity index (χ4v) is 13.5. The van der Waals surface area contributed by atoms with Crippen molar-refractivity contribution < 1.29 is 19.1 Å². The van der Waals surface area contributed by atoms with Crippen LogP contribution in [0.4, 0.5) is 0 Å². The molecule has 12 atom stereocenters. The van der Waals surface area contributed by atoms with Gasteiger partial charge in [-0.25, -0.2) is 0 Å². The first-order valence-electron chi connectivity index (χ1n) is 11.0. The van der Waals surface area contributed by atoms with Crippen LogP contribution in [0.2, 0.25) is 0 Å². The van der Waals surface area contributed by atoms with Crippen molar-refractivity contribution in [2.24, 2.45) is 88.3 Å². The number of hydrogen-bond donors (Lipinski definition) is 0. The van der Waals surface area contributed by atoms with Gasteiger partial charge in [-0.2, -0.15) is 0 Å². The van der Waals surface area contributed by atoms with E-state index in [4.69, 9.17) is 9.47 Å². The van der Waals surface area contributed by atoms with Gasteiger partial charge in [-0.05, 0) is 53.3 Å². The second kappa shape index (κ2) is 2.78. The summed E-state index contributed by atoms with van der Waals surface area (Å²) in [5, 5.41) is 0. The van der Waals surface area contributed by atoms with Crippen molar-refractivity contribution in [2.75, 3.05) is 7.11 Å². The molecular weight excluding hydrogens is 340 g/mol. The Morgan fingerprint density at radius 2 is 1.41 bits per heavy atom. The molecule has 2 heterocycles. The highest BCUT2D eigenvalue weighted by Gasteiger charge is 2.97. The molecule has 0 spiro atoms. The molecule has 2 bridgehead atoms. The number of carbonyl (C=O) groups is 2. The fourth-order valence-electron chi connectivity index (χ4n) is 13.5. The lowest BCUT2D eigenvalue weighted by atomic mass is 9.69. The normalized spacial score (nSPS) is 75.6. The lowest BCUT2D eigenvalue weighted by Gasteiger charge is -2.34. The van der Waals surface area contributed by atoms with Crippen LogP contribution in [0, 0.1) is 88.3 Å². The van der Waals surface area contributed by atoms with E-state index in [1.54, 1.807) is 29.4 Å². The van der Waals surface area contributed by atoms with E-state index >= 15 is 0 Å². The highest BCUT2D eigenvalue weighted by molar-refractivity contribution is 5.89. The topological polar surface area (TPSA) is 52.6 Å². The Kier molecular flexibility index (Phi) is 1.24. The Labute approximate surface area is 155 Å². The Morgan fingerprint density at radius 3 is 1.96 bits per heavy atom. The van der Waals surface area contributed by atoms with Gasteiger partial charge in [-0.1, -0.05) is 22.3 Å². The third kappa shape index (κ3) is 0.660. The molecule has 4 heteroatoms. The van der Waals surface area contributed by atoms with Gasteiger partial charge in [0.2, 0.25) is 0 Å². The molecule has 4 nitrogen and oxygen atoms in total. The van der Waals surface area contributed by atoms with Crippen LogP contribution in [0.15, 0.2) is 22.3 Å². The minimum atomic E-state index is -0.242. The van der Waals surface area contributed by atoms with E-state index in [1.807, 2.05) is 0 Å². The van der Waals surface area contributed by atoms with Gasteiger partial charge in [0.15, 0.2) is 0 Å². The molecule has 134 valence electrons. The van der Waals surface area contributed by atoms with Gasteiger partial charge in [-0.15, -0.1) is 0 Å². The minimum Gasteiger partial charge on any atom is -0.469 e. The summed E-state index contributed by atoms with van der Waals surface area (Å²) in [6, 6.07) is 0. The SMILES string of the molecule is COC(=O)C12C3C4=C5C6C7OC(=O)C8C5C3C3C8C5=C(C8C(C57)C6C4C81)C32. The summed E-state index contributed by atoms with van der Waals surface area (Å²) in [7, 11) is 1.62. The third-order valence-electron chi connectivity index (χ3n) is 12.5. The quantitative estimate of drug-likeness (QED) is 0.526. The number of rotatable bonds is 1. The summed E-state index contributed by atoms with van der Waals surface area (Å²) in [6.07, 6.45) is 0.150. The molecule has 0 aromatic heterocycles. The van der Waals surface area contributed by atoms with Crippen molar-refractivity contribution in [1.82, 2.24) is 0 Å². The number of esters is 2. The summed E-state index contributed by atoms with van der Waals surface area (Å²) in [5.74, 6) is 7.21. The van der Waals surface area contributed by atoms with Gasteiger partial charge < -0.3 is 9.47 Å². The number of carbonyl (C=O) groups excluding carboxylic acids is 2. The molecule has 10 aliphatic carbocycles. The zero-order valence-electron chi connectivity index (χ0n) is 14.8. The van der Waals surface area contributed by atoms with E-state index < -0.39 is 0 Å². The first kappa shape index (κ1) is 12.1. The molecule has 6 saturated carbocycles. The standard InChI is InChI=1S/C23H18O4/c1-26-22(25)23-17-8-2-3-9(17)11-5-7-13(19(11)23)12-6-4(10(8)18(12)23)14(2)20(15(3)5)27-21(24)16(6)7/h2-3,6-9,12-20H,1H3. The van der Waals surface area contributed by atoms with Crippen molar-refractivity contribution in [1.29, 1.82) is 0 Å². The molecule has 27 heavy (non-hydrogen) atoms. The average molecular weight is 358 g/mol. The first-order valence-corrected chi connectivity index (χ1v) is 11.0. The molecule has 8 fully saturated rings. The predicted octanol–water partition coefficient (Wildman–Crippen LogP) is 1.43. The highest BCUT2D eigenvalue weighted by atomic mass is 16.5. The maximum atomic E-state index is 13.6. The largest absolute Gasteiger partial charge is 0.469 e. The first-order chi connectivity index (χ1) is 13.2. The van der Waals surface area contributed by atoms with Crippen LogP contribution in [0.1, 0.15) is 0 Å². The lowest BCUT2D eigenvalue weighted by Crippen LogP contribution is -2.43. The van der Waals surface area contributed by atoms with Crippen LogP contribution < -0.4 is 0 Å². The van der Waals surface area contributed by atoms with E-state index in [9.17, 15) is 9.59 Å². The smallest absolute Gasteiger partial charge is 0.313 e. The third-order valence-corrected chi connectivity index (χ3v) is 12.5. The lowest BCUT2D eigenvalue weighted by molar-refractivity contribution is -0.160. The van der Waals surface area contributed by atoms with Crippen molar-refractivity contribution in [3.63, 3.8) is 0 Å². The van der Waals surface area contributed by atoms with Crippen molar-refractivity contribution in [3.05, 3.63) is 22.3 Å². The minimum absolute atomic E-state index is 0.0877. The Balaban J connectivity index is 1.43. The summed E-state index contributed by atoms with van der Waals surface area (Å²) in [6.45, 7) is 0. The second-order valence-corrected chi connectivity index (χ2v) is 11.6. The van der Waals surface area contributed by atoms with Crippen LogP contribution in [0.25, 0.3) is 0 Å². The highest BCUT2D eigenvalue weighted by Crippen LogP contribution is 2.98. The fraction of sp³-hybridized carbons (Fsp3) is 0.739.